The molecule has 1 aromatic carbocycles. The molecule has 1 N–H and O–H groups in total. The van der Waals surface area contributed by atoms with Gasteiger partial charge >= 0.3 is 0 Å². The molecule has 2 rings (SSSR count). The van der Waals surface area contributed by atoms with Crippen LogP contribution in [0, 0.1) is 5.82 Å². The second kappa shape index (κ2) is 7.75. The average Bonchev–Trinajstić information content (AvgIpc) is 2.91. The second-order valence-electron chi connectivity index (χ2n) is 4.68. The van der Waals surface area contributed by atoms with Crippen LogP contribution in [0.5, 0.6) is 5.75 Å². The van der Waals surface area contributed by atoms with Gasteiger partial charge in [0.15, 0.2) is 11.6 Å². The summed E-state index contributed by atoms with van der Waals surface area (Å²) in [7, 11) is 3.13. The molecule has 1 heterocycles. The highest BCUT2D eigenvalue weighted by Gasteiger charge is 2.05. The molecule has 0 aliphatic rings. The lowest BCUT2D eigenvalue weighted by molar-refractivity contribution is 0.199. The fourth-order valence-corrected chi connectivity index (χ4v) is 1.99. The summed E-state index contributed by atoms with van der Waals surface area (Å²) in [6.07, 6.45) is 3.75. The summed E-state index contributed by atoms with van der Waals surface area (Å²) < 4.78 is 25.3. The van der Waals surface area contributed by atoms with Crippen LogP contribution in [-0.2, 0) is 17.8 Å². The van der Waals surface area contributed by atoms with Crippen molar-refractivity contribution >= 4 is 0 Å². The fraction of sp³-hybridized carbons (Fsp3) is 0.400. The van der Waals surface area contributed by atoms with E-state index in [1.807, 2.05) is 12.3 Å². The molecule has 5 nitrogen and oxygen atoms in total. The van der Waals surface area contributed by atoms with Gasteiger partial charge in [0.25, 0.3) is 0 Å². The topological polar surface area (TPSA) is 48.3 Å². The van der Waals surface area contributed by atoms with Gasteiger partial charge in [-0.15, -0.1) is 0 Å². The Kier molecular flexibility index (Phi) is 5.71. The quantitative estimate of drug-likeness (QED) is 0.754. The van der Waals surface area contributed by atoms with Gasteiger partial charge in [-0.1, -0.05) is 6.07 Å². The van der Waals surface area contributed by atoms with Crippen LogP contribution >= 0.6 is 0 Å². The molecular formula is C15H20FN3O2. The molecule has 0 bridgehead atoms. The number of aromatic nitrogens is 2. The summed E-state index contributed by atoms with van der Waals surface area (Å²) in [6.45, 7) is 2.74. The Morgan fingerprint density at radius 3 is 2.86 bits per heavy atom. The van der Waals surface area contributed by atoms with Crippen molar-refractivity contribution in [2.24, 2.45) is 0 Å². The molecule has 114 valence electrons. The van der Waals surface area contributed by atoms with E-state index >= 15 is 0 Å². The first-order valence-electron chi connectivity index (χ1n) is 6.76. The molecule has 2 aromatic rings. The van der Waals surface area contributed by atoms with Gasteiger partial charge in [0.1, 0.15) is 0 Å². The maximum absolute atomic E-state index is 13.6. The molecule has 0 aliphatic heterocycles. The minimum atomic E-state index is -0.358. The maximum Gasteiger partial charge on any atom is 0.165 e. The number of nitrogens with zero attached hydrogens (tertiary/aromatic N) is 2. The predicted molar refractivity (Wildman–Crippen MR) is 77.9 cm³/mol. The number of halogens is 1. The van der Waals surface area contributed by atoms with E-state index in [-0.39, 0.29) is 11.6 Å². The summed E-state index contributed by atoms with van der Waals surface area (Å²) in [4.78, 5) is 0. The minimum Gasteiger partial charge on any atom is -0.494 e. The summed E-state index contributed by atoms with van der Waals surface area (Å²) in [5, 5.41) is 7.52. The Morgan fingerprint density at radius 2 is 2.14 bits per heavy atom. The Hall–Kier alpha value is -1.92. The van der Waals surface area contributed by atoms with Gasteiger partial charge in [-0.05, 0) is 17.7 Å². The van der Waals surface area contributed by atoms with E-state index in [1.165, 1.54) is 13.2 Å². The highest BCUT2D eigenvalue weighted by Crippen LogP contribution is 2.18. The summed E-state index contributed by atoms with van der Waals surface area (Å²) in [5.74, 6) is -0.106. The highest BCUT2D eigenvalue weighted by atomic mass is 19.1. The SMILES string of the molecule is COCCNCc1cnn(Cc2ccc(OC)c(F)c2)c1. The molecule has 1 aromatic heterocycles. The van der Waals surface area contributed by atoms with Gasteiger partial charge in [-0.25, -0.2) is 4.39 Å². The zero-order chi connectivity index (χ0) is 15.1. The van der Waals surface area contributed by atoms with E-state index in [0.717, 1.165) is 24.2 Å². The molecule has 0 saturated carbocycles. The van der Waals surface area contributed by atoms with E-state index < -0.39 is 0 Å². The summed E-state index contributed by atoms with van der Waals surface area (Å²) in [6, 6.07) is 4.93. The van der Waals surface area contributed by atoms with Crippen molar-refractivity contribution in [1.29, 1.82) is 0 Å². The number of nitrogens with one attached hydrogen (secondary N) is 1. The number of benzene rings is 1. The van der Waals surface area contributed by atoms with E-state index in [4.69, 9.17) is 9.47 Å². The number of ether oxygens (including phenoxy) is 2. The molecule has 0 atom stereocenters. The maximum atomic E-state index is 13.6. The zero-order valence-electron chi connectivity index (χ0n) is 12.3. The molecular weight excluding hydrogens is 273 g/mol. The van der Waals surface area contributed by atoms with Gasteiger partial charge in [0.2, 0.25) is 0 Å². The molecule has 0 saturated heterocycles. The van der Waals surface area contributed by atoms with Crippen LogP contribution in [0.15, 0.2) is 30.6 Å². The van der Waals surface area contributed by atoms with Crippen LogP contribution < -0.4 is 10.1 Å². The van der Waals surface area contributed by atoms with Crippen molar-refractivity contribution in [2.45, 2.75) is 13.1 Å². The van der Waals surface area contributed by atoms with Crippen LogP contribution in [0.3, 0.4) is 0 Å². The smallest absolute Gasteiger partial charge is 0.165 e. The standard InChI is InChI=1S/C15H20FN3O2/c1-20-6-5-17-8-13-9-18-19(11-13)10-12-3-4-15(21-2)14(16)7-12/h3-4,7,9,11,17H,5-6,8,10H2,1-2H3. The summed E-state index contributed by atoms with van der Waals surface area (Å²) >= 11 is 0. The monoisotopic (exact) mass is 293 g/mol. The lowest BCUT2D eigenvalue weighted by Crippen LogP contribution is -2.18. The van der Waals surface area contributed by atoms with E-state index in [0.29, 0.717) is 13.2 Å². The molecule has 21 heavy (non-hydrogen) atoms. The van der Waals surface area contributed by atoms with Crippen molar-refractivity contribution in [2.75, 3.05) is 27.4 Å². The van der Waals surface area contributed by atoms with Gasteiger partial charge in [-0.2, -0.15) is 5.10 Å². The van der Waals surface area contributed by atoms with Crippen molar-refractivity contribution in [1.82, 2.24) is 15.1 Å². The Labute approximate surface area is 123 Å². The average molecular weight is 293 g/mol. The van der Waals surface area contributed by atoms with E-state index in [2.05, 4.69) is 10.4 Å². The molecule has 6 heteroatoms. The lowest BCUT2D eigenvalue weighted by atomic mass is 10.2. The molecule has 0 spiro atoms. The number of hydrogen-bond acceptors (Lipinski definition) is 4. The molecule has 0 radical (unpaired) electrons. The highest BCUT2D eigenvalue weighted by molar-refractivity contribution is 5.29. The van der Waals surface area contributed by atoms with Crippen molar-refractivity contribution < 1.29 is 13.9 Å². The third-order valence-electron chi connectivity index (χ3n) is 3.06. The van der Waals surface area contributed by atoms with Gasteiger partial charge < -0.3 is 14.8 Å². The summed E-state index contributed by atoms with van der Waals surface area (Å²) in [5.41, 5.74) is 1.93. The predicted octanol–water partition coefficient (Wildman–Crippen LogP) is 1.82. The van der Waals surface area contributed by atoms with Crippen LogP contribution in [0.1, 0.15) is 11.1 Å². The van der Waals surface area contributed by atoms with Gasteiger partial charge in [0.05, 0.1) is 26.5 Å². The van der Waals surface area contributed by atoms with Crippen molar-refractivity contribution in [3.63, 3.8) is 0 Å². The van der Waals surface area contributed by atoms with Crippen molar-refractivity contribution in [3.8, 4) is 5.75 Å². The lowest BCUT2D eigenvalue weighted by Gasteiger charge is -2.05. The van der Waals surface area contributed by atoms with Crippen LogP contribution in [0.25, 0.3) is 0 Å². The fourth-order valence-electron chi connectivity index (χ4n) is 1.99. The van der Waals surface area contributed by atoms with Crippen LogP contribution in [-0.4, -0.2) is 37.2 Å². The number of methoxy groups -OCH3 is 2. The molecule has 0 fully saturated rings. The van der Waals surface area contributed by atoms with Crippen LogP contribution in [0.2, 0.25) is 0 Å². The first-order chi connectivity index (χ1) is 10.2. The van der Waals surface area contributed by atoms with E-state index in [9.17, 15) is 4.39 Å². The van der Waals surface area contributed by atoms with Gasteiger partial charge in [0, 0.05) is 32.0 Å². The third-order valence-corrected chi connectivity index (χ3v) is 3.06. The van der Waals surface area contributed by atoms with E-state index in [1.54, 1.807) is 24.1 Å². The molecule has 0 unspecified atom stereocenters. The number of rotatable bonds is 8. The van der Waals surface area contributed by atoms with Gasteiger partial charge in [-0.3, -0.25) is 4.68 Å². The Bertz CT molecular complexity index is 572. The van der Waals surface area contributed by atoms with Crippen LogP contribution in [0.4, 0.5) is 4.39 Å². The Morgan fingerprint density at radius 1 is 1.29 bits per heavy atom. The minimum absolute atomic E-state index is 0.252. The first kappa shape index (κ1) is 15.5. The third kappa shape index (κ3) is 4.54. The largest absolute Gasteiger partial charge is 0.494 e. The normalized spacial score (nSPS) is 10.8. The van der Waals surface area contributed by atoms with Crippen molar-refractivity contribution in [3.05, 3.63) is 47.5 Å². The molecule has 0 aliphatic carbocycles. The Balaban J connectivity index is 1.91. The molecule has 0 amide bonds. The second-order valence-corrected chi connectivity index (χ2v) is 4.68. The zero-order valence-corrected chi connectivity index (χ0v) is 12.3. The number of hydrogen-bond donors (Lipinski definition) is 1. The first-order valence-corrected chi connectivity index (χ1v) is 6.76.